The van der Waals surface area contributed by atoms with Crippen LogP contribution in [0.3, 0.4) is 0 Å². The van der Waals surface area contributed by atoms with E-state index >= 15 is 0 Å². The second-order valence-corrected chi connectivity index (χ2v) is 25.3. The molecule has 388 valence electrons. The lowest BCUT2D eigenvalue weighted by molar-refractivity contribution is -0.438. The highest BCUT2D eigenvalue weighted by atomic mass is 79.9. The average Bonchev–Trinajstić information content (AvgIpc) is 3.95. The molecule has 0 fully saturated rings. The standard InChI is InChI=1S/C58H71Br2N7O4S2/c1-8-11-14-34-65-48-28-20-42-37-44(59)24-26-46(42)53(48)57(4,5)50(65)30-22-40-18-17-19-41(55(40)72-56-61-62-63-67(56)39-52(68)64(32-12-9-2)33-13-10-3)23-31-51-58(6,7)54-47-27-25-45(60)38-43(47)21-29-49(54)66(51)35-15-16-36-73(69,70)71/h20-31,37-38H,8-19,32-36,39H2,1-7H3/p+1. The number of amides is 1. The van der Waals surface area contributed by atoms with Gasteiger partial charge in [-0.15, -0.1) is 5.10 Å². The van der Waals surface area contributed by atoms with Gasteiger partial charge in [0.05, 0.1) is 11.2 Å². The van der Waals surface area contributed by atoms with E-state index in [1.807, 2.05) is 4.90 Å². The Bertz CT molecular complexity index is 3140. The molecule has 15 heteroatoms. The summed E-state index contributed by atoms with van der Waals surface area (Å²) in [5.41, 5.74) is 9.01. The van der Waals surface area contributed by atoms with Crippen molar-refractivity contribution in [3.63, 3.8) is 0 Å². The van der Waals surface area contributed by atoms with Gasteiger partial charge in [-0.1, -0.05) is 116 Å². The highest BCUT2D eigenvalue weighted by Crippen LogP contribution is 2.52. The second kappa shape index (κ2) is 23.6. The Morgan fingerprint density at radius 1 is 0.808 bits per heavy atom. The number of aromatic nitrogens is 4. The van der Waals surface area contributed by atoms with Crippen molar-refractivity contribution in [2.75, 3.05) is 36.8 Å². The number of rotatable bonds is 22. The van der Waals surface area contributed by atoms with Crippen molar-refractivity contribution in [2.45, 2.75) is 148 Å². The molecule has 0 saturated carbocycles. The Hall–Kier alpha value is -4.41. The molecule has 8 rings (SSSR count). The number of carbonyl (C=O) groups is 1. The van der Waals surface area contributed by atoms with E-state index in [2.05, 4.69) is 190 Å². The number of anilines is 1. The van der Waals surface area contributed by atoms with E-state index < -0.39 is 15.5 Å². The van der Waals surface area contributed by atoms with Crippen LogP contribution in [0, 0.1) is 0 Å². The molecule has 73 heavy (non-hydrogen) atoms. The molecule has 0 saturated heterocycles. The molecule has 0 atom stereocenters. The molecule has 3 heterocycles. The van der Waals surface area contributed by atoms with E-state index in [9.17, 15) is 17.8 Å². The molecule has 5 aromatic rings. The van der Waals surface area contributed by atoms with Crippen LogP contribution in [0.25, 0.3) is 21.5 Å². The van der Waals surface area contributed by atoms with E-state index in [4.69, 9.17) is 0 Å². The van der Waals surface area contributed by atoms with Crippen molar-refractivity contribution < 1.29 is 22.3 Å². The van der Waals surface area contributed by atoms with Crippen LogP contribution in [0.1, 0.15) is 137 Å². The first kappa shape index (κ1) is 54.8. The molecule has 0 bridgehead atoms. The molecule has 0 spiro atoms. The molecule has 2 aliphatic heterocycles. The summed E-state index contributed by atoms with van der Waals surface area (Å²) in [7, 11) is -4.08. The van der Waals surface area contributed by atoms with Crippen LogP contribution in [0.4, 0.5) is 11.4 Å². The van der Waals surface area contributed by atoms with Crippen molar-refractivity contribution in [1.82, 2.24) is 25.1 Å². The summed E-state index contributed by atoms with van der Waals surface area (Å²) in [6.45, 7) is 18.9. The van der Waals surface area contributed by atoms with Gasteiger partial charge >= 0.3 is 0 Å². The van der Waals surface area contributed by atoms with Crippen LogP contribution < -0.4 is 4.90 Å². The summed E-state index contributed by atoms with van der Waals surface area (Å²) in [6, 6.07) is 22.0. The number of benzene rings is 4. The first-order valence-corrected chi connectivity index (χ1v) is 30.4. The van der Waals surface area contributed by atoms with E-state index in [1.54, 1.807) is 16.4 Å². The Kier molecular flexibility index (Phi) is 17.8. The van der Waals surface area contributed by atoms with Gasteiger partial charge in [0.2, 0.25) is 16.8 Å². The van der Waals surface area contributed by atoms with Crippen molar-refractivity contribution in [2.24, 2.45) is 0 Å². The summed E-state index contributed by atoms with van der Waals surface area (Å²) in [5, 5.41) is 18.6. The summed E-state index contributed by atoms with van der Waals surface area (Å²) in [6.07, 6.45) is 20.1. The first-order chi connectivity index (χ1) is 35.0. The van der Waals surface area contributed by atoms with E-state index in [0.717, 1.165) is 101 Å². The van der Waals surface area contributed by atoms with Crippen molar-refractivity contribution in [1.29, 1.82) is 0 Å². The number of tetrazole rings is 1. The quantitative estimate of drug-likeness (QED) is 0.0410. The van der Waals surface area contributed by atoms with Gasteiger partial charge in [0.1, 0.15) is 13.1 Å². The lowest BCUT2D eigenvalue weighted by Gasteiger charge is -2.28. The third-order valence-corrected chi connectivity index (χ3v) is 17.9. The van der Waals surface area contributed by atoms with Gasteiger partial charge in [0, 0.05) is 74.4 Å². The lowest BCUT2D eigenvalue weighted by Crippen LogP contribution is -2.36. The molecular weight excluding hydrogens is 1080 g/mol. The number of allylic oxidation sites excluding steroid dienone is 7. The van der Waals surface area contributed by atoms with Crippen LogP contribution >= 0.6 is 43.6 Å². The SMILES string of the molecule is CCCCC[N+]1=C(/C=C/C2=C(Sc3nnnn3CC(=O)N(CCCC)CCCC)C(=C/C=C3/N(CCCCS(=O)(=O)O)c4ccc5cc(Br)ccc5c4C3(C)C)/CCC2)C(C)(C)c2c1ccc1cc(Br)ccc21. The zero-order valence-electron chi connectivity index (χ0n) is 43.7. The van der Waals surface area contributed by atoms with Gasteiger partial charge in [-0.2, -0.15) is 13.0 Å². The van der Waals surface area contributed by atoms with Gasteiger partial charge in [-0.3, -0.25) is 9.35 Å². The first-order valence-electron chi connectivity index (χ1n) is 26.3. The predicted molar refractivity (Wildman–Crippen MR) is 308 cm³/mol. The molecule has 11 nitrogen and oxygen atoms in total. The molecule has 0 unspecified atom stereocenters. The monoisotopic (exact) mass is 1150 g/mol. The second-order valence-electron chi connectivity index (χ2n) is 20.9. The van der Waals surface area contributed by atoms with E-state index in [-0.39, 0.29) is 23.6 Å². The van der Waals surface area contributed by atoms with Crippen molar-refractivity contribution in [3.8, 4) is 0 Å². The zero-order valence-corrected chi connectivity index (χ0v) is 48.5. The maximum atomic E-state index is 14.0. The van der Waals surface area contributed by atoms with Gasteiger partial charge in [-0.25, -0.2) is 4.68 Å². The minimum Gasteiger partial charge on any atom is -0.344 e. The Morgan fingerprint density at radius 2 is 1.48 bits per heavy atom. The molecular formula is C58H72Br2N7O4S2+. The number of carbonyl (C=O) groups excluding carboxylic acids is 1. The van der Waals surface area contributed by atoms with Crippen molar-refractivity contribution >= 4 is 98.3 Å². The highest BCUT2D eigenvalue weighted by molar-refractivity contribution is 9.10. The Morgan fingerprint density at radius 3 is 2.15 bits per heavy atom. The lowest BCUT2D eigenvalue weighted by atomic mass is 9.78. The van der Waals surface area contributed by atoms with Crippen LogP contribution in [-0.4, -0.2) is 86.2 Å². The van der Waals surface area contributed by atoms with E-state index in [0.29, 0.717) is 37.6 Å². The summed E-state index contributed by atoms with van der Waals surface area (Å²) in [5.74, 6) is -0.252. The largest absolute Gasteiger partial charge is 0.344 e. The number of fused-ring (bicyclic) bond motifs is 6. The smallest absolute Gasteiger partial charge is 0.264 e. The predicted octanol–water partition coefficient (Wildman–Crippen LogP) is 14.6. The molecule has 3 aliphatic rings. The maximum absolute atomic E-state index is 14.0. The number of hydrogen-bond acceptors (Lipinski definition) is 8. The normalized spacial score (nSPS) is 17.6. The minimum atomic E-state index is -4.08. The topological polar surface area (TPSA) is 125 Å². The molecule has 4 aromatic carbocycles. The fraction of sp³-hybridized carbons (Fsp3) is 0.466. The third kappa shape index (κ3) is 12.2. The van der Waals surface area contributed by atoms with Gasteiger partial charge < -0.3 is 9.80 Å². The van der Waals surface area contributed by atoms with Crippen LogP contribution in [-0.2, 0) is 32.3 Å². The van der Waals surface area contributed by atoms with Gasteiger partial charge in [0.25, 0.3) is 10.1 Å². The van der Waals surface area contributed by atoms with E-state index in [1.165, 1.54) is 49.8 Å². The summed E-state index contributed by atoms with van der Waals surface area (Å²) in [4.78, 5) is 19.4. The molecule has 1 amide bonds. The Balaban J connectivity index is 1.24. The van der Waals surface area contributed by atoms with Crippen LogP contribution in [0.2, 0.25) is 0 Å². The van der Waals surface area contributed by atoms with Crippen LogP contribution in [0.5, 0.6) is 0 Å². The maximum Gasteiger partial charge on any atom is 0.264 e. The van der Waals surface area contributed by atoms with Gasteiger partial charge in [-0.05, 0) is 168 Å². The number of thioether (sulfide) groups is 1. The third-order valence-electron chi connectivity index (χ3n) is 14.9. The number of unbranched alkanes of at least 4 members (excludes halogenated alkanes) is 5. The highest BCUT2D eigenvalue weighted by Gasteiger charge is 2.46. The molecule has 1 aromatic heterocycles. The minimum absolute atomic E-state index is 0.0244. The van der Waals surface area contributed by atoms with Crippen molar-refractivity contribution in [3.05, 3.63) is 127 Å². The zero-order chi connectivity index (χ0) is 52.1. The summed E-state index contributed by atoms with van der Waals surface area (Å²) < 4.78 is 39.5. The Labute approximate surface area is 454 Å². The molecule has 1 aliphatic carbocycles. The number of halogens is 2. The summed E-state index contributed by atoms with van der Waals surface area (Å²) >= 11 is 8.95. The van der Waals surface area contributed by atoms with Gasteiger partial charge in [0.15, 0.2) is 5.71 Å². The number of hydrogen-bond donors (Lipinski definition) is 1. The van der Waals surface area contributed by atoms with Crippen LogP contribution in [0.15, 0.2) is 121 Å². The fourth-order valence-electron chi connectivity index (χ4n) is 11.1. The molecule has 0 radical (unpaired) electrons. The molecule has 1 N–H and O–H groups in total. The average molecular weight is 1160 g/mol. The number of nitrogens with zero attached hydrogens (tertiary/aromatic N) is 7. The fourth-order valence-corrected chi connectivity index (χ4v) is 13.5.